The fourth-order valence-electron chi connectivity index (χ4n) is 2.35. The first-order valence-corrected chi connectivity index (χ1v) is 5.71. The molecule has 3 atom stereocenters. The van der Waals surface area contributed by atoms with E-state index >= 15 is 0 Å². The molecule has 21 heavy (non-hydrogen) atoms. The van der Waals surface area contributed by atoms with Crippen molar-refractivity contribution in [1.82, 2.24) is 14.7 Å². The Labute approximate surface area is 114 Å². The highest BCUT2D eigenvalue weighted by Crippen LogP contribution is 2.29. The van der Waals surface area contributed by atoms with Crippen LogP contribution < -0.4 is 0 Å². The summed E-state index contributed by atoms with van der Waals surface area (Å²) in [6.45, 7) is 0. The summed E-state index contributed by atoms with van der Waals surface area (Å²) in [5, 5.41) is 28.5. The smallest absolute Gasteiger partial charge is 0.288 e. The van der Waals surface area contributed by atoms with Crippen molar-refractivity contribution in [2.24, 2.45) is 15.0 Å². The van der Waals surface area contributed by atoms with Crippen molar-refractivity contribution in [1.29, 1.82) is 0 Å². The Hall–Kier alpha value is -2.70. The molecule has 3 amide bonds. The van der Waals surface area contributed by atoms with E-state index in [1.807, 2.05) is 0 Å². The van der Waals surface area contributed by atoms with Gasteiger partial charge >= 0.3 is 0 Å². The van der Waals surface area contributed by atoms with Crippen LogP contribution in [0.3, 0.4) is 0 Å². The lowest BCUT2D eigenvalue weighted by Crippen LogP contribution is -2.65. The molecule has 3 N–H and O–H groups in total. The predicted octanol–water partition coefficient (Wildman–Crippen LogP) is -4.45. The second kappa shape index (κ2) is 3.49. The maximum Gasteiger partial charge on any atom is 0.288 e. The van der Waals surface area contributed by atoms with Crippen molar-refractivity contribution in [3.05, 3.63) is 0 Å². The molecule has 1 saturated heterocycles. The fourth-order valence-corrected chi connectivity index (χ4v) is 2.35. The number of hydrogen-bond donors (Lipinski definition) is 3. The quantitative estimate of drug-likeness (QED) is 0.408. The number of carbonyl (C=O) groups is 3. The first-order chi connectivity index (χ1) is 9.91. The second-order valence-corrected chi connectivity index (χ2v) is 4.43. The van der Waals surface area contributed by atoms with Gasteiger partial charge in [0.25, 0.3) is 17.7 Å². The molecule has 0 radical (unpaired) electrons. The molecule has 12 nitrogen and oxygen atoms in total. The summed E-state index contributed by atoms with van der Waals surface area (Å²) in [6, 6.07) is 0. The molecule has 4 aliphatic rings. The molecule has 0 bridgehead atoms. The zero-order valence-corrected chi connectivity index (χ0v) is 9.98. The molecule has 108 valence electrons. The number of rotatable bonds is 0. The summed E-state index contributed by atoms with van der Waals surface area (Å²) in [6.07, 6.45) is -5.33. The lowest BCUT2D eigenvalue weighted by molar-refractivity contribution is -0.133. The van der Waals surface area contributed by atoms with Crippen LogP contribution in [0.5, 0.6) is 0 Å². The average Bonchev–Trinajstić information content (AvgIpc) is 2.99. The first-order valence-electron chi connectivity index (χ1n) is 5.71. The molecular weight excluding hydrogens is 288 g/mol. The van der Waals surface area contributed by atoms with Gasteiger partial charge in [-0.3, -0.25) is 14.4 Å². The van der Waals surface area contributed by atoms with Crippen molar-refractivity contribution in [2.75, 3.05) is 0 Å². The molecular formula is C9H6N6O6. The van der Waals surface area contributed by atoms with Crippen LogP contribution in [-0.4, -0.2) is 84.3 Å². The van der Waals surface area contributed by atoms with Crippen LogP contribution in [-0.2, 0) is 14.4 Å². The predicted molar refractivity (Wildman–Crippen MR) is 60.9 cm³/mol. The maximum atomic E-state index is 11.9. The van der Waals surface area contributed by atoms with E-state index in [1.165, 1.54) is 0 Å². The van der Waals surface area contributed by atoms with E-state index < -0.39 is 36.4 Å². The number of aliphatic hydroxyl groups is 3. The molecule has 4 heterocycles. The third kappa shape index (κ3) is 1.23. The minimum absolute atomic E-state index is 0.329. The largest absolute Gasteiger partial charge is 0.364 e. The second-order valence-electron chi connectivity index (χ2n) is 4.43. The summed E-state index contributed by atoms with van der Waals surface area (Å²) in [5.41, 5.74) is 0. The number of aliphatic imine (C=N–C) groups is 3. The minimum atomic E-state index is -1.78. The Morgan fingerprint density at radius 1 is 0.619 bits per heavy atom. The van der Waals surface area contributed by atoms with E-state index in [0.717, 1.165) is 0 Å². The number of guanidine groups is 3. The molecule has 0 aromatic carbocycles. The van der Waals surface area contributed by atoms with Crippen molar-refractivity contribution < 1.29 is 29.7 Å². The Morgan fingerprint density at radius 3 is 1.10 bits per heavy atom. The summed E-state index contributed by atoms with van der Waals surface area (Å²) in [5.74, 6) is -3.81. The zero-order valence-electron chi connectivity index (χ0n) is 9.98. The molecule has 0 spiro atoms. The van der Waals surface area contributed by atoms with Gasteiger partial charge in [-0.05, 0) is 0 Å². The summed E-state index contributed by atoms with van der Waals surface area (Å²) in [4.78, 5) is 48.6. The van der Waals surface area contributed by atoms with Gasteiger partial charge in [0.05, 0.1) is 0 Å². The van der Waals surface area contributed by atoms with Gasteiger partial charge in [0, 0.05) is 0 Å². The molecule has 12 heteroatoms. The Morgan fingerprint density at radius 2 is 0.857 bits per heavy atom. The molecule has 1 fully saturated rings. The SMILES string of the molecule is O=C1C(O)N=C2N1C1=NC(O)C(=O)N1C1=NC(O)C(=O)N21. The highest BCUT2D eigenvalue weighted by atomic mass is 16.3. The van der Waals surface area contributed by atoms with Crippen LogP contribution in [0.1, 0.15) is 0 Å². The van der Waals surface area contributed by atoms with Gasteiger partial charge in [0.15, 0.2) is 0 Å². The van der Waals surface area contributed by atoms with Gasteiger partial charge in [-0.1, -0.05) is 0 Å². The summed E-state index contributed by atoms with van der Waals surface area (Å²) >= 11 is 0. The van der Waals surface area contributed by atoms with E-state index in [4.69, 9.17) is 0 Å². The highest BCUT2D eigenvalue weighted by molar-refractivity contribution is 6.37. The van der Waals surface area contributed by atoms with Gasteiger partial charge in [-0.15, -0.1) is 0 Å². The molecule has 0 aromatic rings. The average molecular weight is 294 g/mol. The number of carbonyl (C=O) groups excluding carboxylic acids is 3. The van der Waals surface area contributed by atoms with Crippen LogP contribution in [0, 0.1) is 0 Å². The van der Waals surface area contributed by atoms with Gasteiger partial charge in [0.1, 0.15) is 0 Å². The minimum Gasteiger partial charge on any atom is -0.364 e. The Bertz CT molecular complexity index is 598. The van der Waals surface area contributed by atoms with Gasteiger partial charge < -0.3 is 15.3 Å². The summed E-state index contributed by atoms with van der Waals surface area (Å²) in [7, 11) is 0. The Kier molecular flexibility index (Phi) is 2.01. The number of nitrogens with zero attached hydrogens (tertiary/aromatic N) is 6. The number of aliphatic hydroxyl groups excluding tert-OH is 3. The lowest BCUT2D eigenvalue weighted by atomic mass is 10.4. The van der Waals surface area contributed by atoms with E-state index in [9.17, 15) is 29.7 Å². The van der Waals surface area contributed by atoms with Crippen molar-refractivity contribution in [2.45, 2.75) is 18.7 Å². The van der Waals surface area contributed by atoms with Crippen molar-refractivity contribution in [3.8, 4) is 0 Å². The lowest BCUT2D eigenvalue weighted by Gasteiger charge is -2.35. The van der Waals surface area contributed by atoms with Crippen molar-refractivity contribution in [3.63, 3.8) is 0 Å². The fraction of sp³-hybridized carbons (Fsp3) is 0.333. The van der Waals surface area contributed by atoms with E-state index in [-0.39, 0.29) is 17.9 Å². The number of amides is 3. The third-order valence-corrected chi connectivity index (χ3v) is 3.24. The molecule has 0 aromatic heterocycles. The molecule has 4 aliphatic heterocycles. The number of fused-ring (bicyclic) bond motifs is 6. The zero-order chi connectivity index (χ0) is 15.0. The maximum absolute atomic E-state index is 11.9. The van der Waals surface area contributed by atoms with Crippen LogP contribution in [0.15, 0.2) is 15.0 Å². The molecule has 4 rings (SSSR count). The van der Waals surface area contributed by atoms with E-state index in [1.54, 1.807) is 0 Å². The van der Waals surface area contributed by atoms with Crippen LogP contribution in [0.2, 0.25) is 0 Å². The van der Waals surface area contributed by atoms with Gasteiger partial charge in [0.2, 0.25) is 36.6 Å². The summed E-state index contributed by atoms with van der Waals surface area (Å²) < 4.78 is 0. The van der Waals surface area contributed by atoms with Gasteiger partial charge in [-0.2, -0.15) is 0 Å². The highest BCUT2D eigenvalue weighted by Gasteiger charge is 2.58. The van der Waals surface area contributed by atoms with Crippen molar-refractivity contribution >= 4 is 35.6 Å². The van der Waals surface area contributed by atoms with E-state index in [2.05, 4.69) is 15.0 Å². The number of hydrogen-bond acceptors (Lipinski definition) is 9. The van der Waals surface area contributed by atoms with Crippen LogP contribution in [0.4, 0.5) is 0 Å². The van der Waals surface area contributed by atoms with Crippen LogP contribution >= 0.6 is 0 Å². The Balaban J connectivity index is 1.94. The van der Waals surface area contributed by atoms with Crippen LogP contribution in [0.25, 0.3) is 0 Å². The first kappa shape index (κ1) is 12.1. The third-order valence-electron chi connectivity index (χ3n) is 3.24. The van der Waals surface area contributed by atoms with Gasteiger partial charge in [-0.25, -0.2) is 29.7 Å². The molecule has 3 unspecified atom stereocenters. The molecule has 0 aliphatic carbocycles. The van der Waals surface area contributed by atoms with E-state index in [0.29, 0.717) is 14.7 Å². The standard InChI is InChI=1S/C9H6N6O6/c16-1-4(19)13-7(10-1)14-5(20)2(17)12-9(14)15-6(21)3(18)11-8(13)15/h1-3,16-18H. The normalized spacial score (nSPS) is 33.9. The molecule has 0 saturated carbocycles. The monoisotopic (exact) mass is 294 g/mol. The topological polar surface area (TPSA) is 159 Å².